The summed E-state index contributed by atoms with van der Waals surface area (Å²) in [6.45, 7) is 8.03. The number of carboxylic acid groups (broad SMARTS) is 1. The first-order chi connectivity index (χ1) is 8.22. The molecule has 1 aliphatic rings. The Kier molecular flexibility index (Phi) is 4.52. The summed E-state index contributed by atoms with van der Waals surface area (Å²) in [7, 11) is 0. The summed E-state index contributed by atoms with van der Waals surface area (Å²) < 4.78 is 0. The number of carboxylic acids is 1. The Balaban J connectivity index is 2.92. The highest BCUT2D eigenvalue weighted by Crippen LogP contribution is 2.41. The van der Waals surface area contributed by atoms with Crippen LogP contribution >= 0.6 is 0 Å². The van der Waals surface area contributed by atoms with Crippen molar-refractivity contribution in [3.8, 4) is 0 Å². The topological polar surface area (TPSA) is 57.5 Å². The van der Waals surface area contributed by atoms with Gasteiger partial charge in [0.05, 0.1) is 6.10 Å². The van der Waals surface area contributed by atoms with Gasteiger partial charge in [0.15, 0.2) is 0 Å². The monoisotopic (exact) mass is 250 g/mol. The molecule has 2 N–H and O–H groups in total. The number of hydrogen-bond donors (Lipinski definition) is 2. The molecule has 2 atom stereocenters. The third-order valence-corrected chi connectivity index (χ3v) is 3.43. The van der Waals surface area contributed by atoms with Crippen molar-refractivity contribution in [3.63, 3.8) is 0 Å². The summed E-state index contributed by atoms with van der Waals surface area (Å²) in [6, 6.07) is 0. The van der Waals surface area contributed by atoms with Crippen molar-refractivity contribution in [2.45, 2.75) is 40.2 Å². The van der Waals surface area contributed by atoms with Gasteiger partial charge >= 0.3 is 5.97 Å². The Morgan fingerprint density at radius 1 is 1.50 bits per heavy atom. The summed E-state index contributed by atoms with van der Waals surface area (Å²) in [4.78, 5) is 10.5. The second-order valence-corrected chi connectivity index (χ2v) is 5.73. The van der Waals surface area contributed by atoms with Crippen LogP contribution in [0.25, 0.3) is 0 Å². The van der Waals surface area contributed by atoms with Gasteiger partial charge in [-0.25, -0.2) is 4.79 Å². The first kappa shape index (κ1) is 14.7. The molecule has 0 aromatic heterocycles. The second kappa shape index (κ2) is 5.53. The molecule has 1 rings (SSSR count). The zero-order valence-electron chi connectivity index (χ0n) is 11.5. The molecule has 0 spiro atoms. The second-order valence-electron chi connectivity index (χ2n) is 5.73. The number of aliphatic hydroxyl groups excluding tert-OH is 1. The number of aliphatic hydroxyl groups is 1. The van der Waals surface area contributed by atoms with E-state index in [9.17, 15) is 9.90 Å². The third-order valence-electron chi connectivity index (χ3n) is 3.43. The van der Waals surface area contributed by atoms with Crippen LogP contribution in [0, 0.1) is 11.3 Å². The SMILES string of the molecule is CC(C=CC1C(C)=CC(O)CC1(C)C)=CC(=O)O. The van der Waals surface area contributed by atoms with E-state index in [4.69, 9.17) is 5.11 Å². The first-order valence-electron chi connectivity index (χ1n) is 6.18. The Hall–Kier alpha value is -1.35. The van der Waals surface area contributed by atoms with Gasteiger partial charge in [-0.2, -0.15) is 0 Å². The van der Waals surface area contributed by atoms with E-state index < -0.39 is 5.97 Å². The van der Waals surface area contributed by atoms with Crippen LogP contribution in [0.4, 0.5) is 0 Å². The average Bonchev–Trinajstić information content (AvgIpc) is 2.12. The lowest BCUT2D eigenvalue weighted by atomic mass is 9.67. The van der Waals surface area contributed by atoms with Crippen molar-refractivity contribution < 1.29 is 15.0 Å². The van der Waals surface area contributed by atoms with E-state index in [-0.39, 0.29) is 17.4 Å². The van der Waals surface area contributed by atoms with Crippen LogP contribution in [-0.2, 0) is 4.79 Å². The molecular formula is C15H22O3. The van der Waals surface area contributed by atoms with E-state index in [0.29, 0.717) is 0 Å². The number of aliphatic carboxylic acids is 1. The summed E-state index contributed by atoms with van der Waals surface area (Å²) in [5, 5.41) is 18.4. The van der Waals surface area contributed by atoms with Gasteiger partial charge in [0.25, 0.3) is 0 Å². The average molecular weight is 250 g/mol. The molecule has 0 amide bonds. The lowest BCUT2D eigenvalue weighted by Crippen LogP contribution is -2.32. The van der Waals surface area contributed by atoms with Crippen LogP contribution in [0.1, 0.15) is 34.1 Å². The quantitative estimate of drug-likeness (QED) is 0.460. The first-order valence-corrected chi connectivity index (χ1v) is 6.18. The maximum absolute atomic E-state index is 10.5. The van der Waals surface area contributed by atoms with Crippen molar-refractivity contribution in [2.75, 3.05) is 0 Å². The molecule has 0 saturated carbocycles. The Morgan fingerprint density at radius 3 is 2.61 bits per heavy atom. The van der Waals surface area contributed by atoms with Gasteiger partial charge in [0, 0.05) is 12.0 Å². The summed E-state index contributed by atoms with van der Waals surface area (Å²) in [5.74, 6) is -0.694. The molecule has 0 heterocycles. The van der Waals surface area contributed by atoms with Crippen molar-refractivity contribution in [2.24, 2.45) is 11.3 Å². The molecule has 0 aromatic rings. The van der Waals surface area contributed by atoms with Crippen LogP contribution in [0.2, 0.25) is 0 Å². The minimum Gasteiger partial charge on any atom is -0.478 e. The fraction of sp³-hybridized carbons (Fsp3) is 0.533. The molecule has 2 unspecified atom stereocenters. The smallest absolute Gasteiger partial charge is 0.328 e. The molecule has 3 heteroatoms. The van der Waals surface area contributed by atoms with E-state index in [1.807, 2.05) is 25.2 Å². The van der Waals surface area contributed by atoms with Crippen molar-refractivity contribution >= 4 is 5.97 Å². The van der Waals surface area contributed by atoms with Crippen LogP contribution in [0.3, 0.4) is 0 Å². The Labute approximate surface area is 109 Å². The van der Waals surface area contributed by atoms with Crippen LogP contribution in [-0.4, -0.2) is 22.3 Å². The molecule has 1 aliphatic carbocycles. The zero-order valence-corrected chi connectivity index (χ0v) is 11.5. The molecule has 0 aromatic carbocycles. The van der Waals surface area contributed by atoms with Gasteiger partial charge in [0.1, 0.15) is 0 Å². The number of allylic oxidation sites excluding steroid dienone is 4. The maximum atomic E-state index is 10.5. The van der Waals surface area contributed by atoms with E-state index in [0.717, 1.165) is 17.6 Å². The fourth-order valence-corrected chi connectivity index (χ4v) is 2.65. The van der Waals surface area contributed by atoms with Gasteiger partial charge in [-0.15, -0.1) is 0 Å². The number of hydrogen-bond acceptors (Lipinski definition) is 2. The molecule has 0 radical (unpaired) electrons. The Morgan fingerprint density at radius 2 is 2.11 bits per heavy atom. The van der Waals surface area contributed by atoms with Gasteiger partial charge in [-0.3, -0.25) is 0 Å². The molecule has 0 fully saturated rings. The highest BCUT2D eigenvalue weighted by atomic mass is 16.4. The largest absolute Gasteiger partial charge is 0.478 e. The van der Waals surface area contributed by atoms with Crippen LogP contribution in [0.15, 0.2) is 35.5 Å². The van der Waals surface area contributed by atoms with Crippen molar-refractivity contribution in [1.82, 2.24) is 0 Å². The highest BCUT2D eigenvalue weighted by molar-refractivity contribution is 5.81. The Bertz CT molecular complexity index is 413. The predicted octanol–water partition coefficient (Wildman–Crippen LogP) is 2.93. The van der Waals surface area contributed by atoms with E-state index in [1.54, 1.807) is 6.92 Å². The van der Waals surface area contributed by atoms with E-state index in [1.165, 1.54) is 6.08 Å². The minimum absolute atomic E-state index is 0.0156. The molecule has 18 heavy (non-hydrogen) atoms. The fourth-order valence-electron chi connectivity index (χ4n) is 2.65. The predicted molar refractivity (Wildman–Crippen MR) is 72.2 cm³/mol. The van der Waals surface area contributed by atoms with Crippen LogP contribution < -0.4 is 0 Å². The van der Waals surface area contributed by atoms with Gasteiger partial charge < -0.3 is 10.2 Å². The summed E-state index contributed by atoms with van der Waals surface area (Å²) >= 11 is 0. The van der Waals surface area contributed by atoms with Gasteiger partial charge in [0.2, 0.25) is 0 Å². The minimum atomic E-state index is -0.928. The molecule has 0 bridgehead atoms. The number of carbonyl (C=O) groups is 1. The van der Waals surface area contributed by atoms with Gasteiger partial charge in [-0.05, 0) is 31.3 Å². The lowest BCUT2D eigenvalue weighted by molar-refractivity contribution is -0.131. The molecule has 100 valence electrons. The zero-order chi connectivity index (χ0) is 13.9. The number of rotatable bonds is 3. The van der Waals surface area contributed by atoms with Gasteiger partial charge in [-0.1, -0.05) is 37.6 Å². The van der Waals surface area contributed by atoms with E-state index >= 15 is 0 Å². The third kappa shape index (κ3) is 3.84. The van der Waals surface area contributed by atoms with Crippen molar-refractivity contribution in [3.05, 3.63) is 35.5 Å². The standard InChI is InChI=1S/C15H22O3/c1-10(7-14(17)18)5-6-13-11(2)8-12(16)9-15(13,3)4/h5-8,12-13,16H,9H2,1-4H3,(H,17,18). The maximum Gasteiger partial charge on any atom is 0.328 e. The normalized spacial score (nSPS) is 28.3. The highest BCUT2D eigenvalue weighted by Gasteiger charge is 2.34. The van der Waals surface area contributed by atoms with E-state index in [2.05, 4.69) is 13.8 Å². The molecule has 0 aliphatic heterocycles. The molecule has 3 nitrogen and oxygen atoms in total. The molecular weight excluding hydrogens is 228 g/mol. The summed E-state index contributed by atoms with van der Waals surface area (Å²) in [5.41, 5.74) is 1.84. The van der Waals surface area contributed by atoms with Crippen LogP contribution in [0.5, 0.6) is 0 Å². The van der Waals surface area contributed by atoms with Crippen molar-refractivity contribution in [1.29, 1.82) is 0 Å². The lowest BCUT2D eigenvalue weighted by Gasteiger charge is -2.38. The summed E-state index contributed by atoms with van der Waals surface area (Å²) in [6.07, 6.45) is 7.31. The molecule has 0 saturated heterocycles.